The lowest BCUT2D eigenvalue weighted by molar-refractivity contribution is 0.132. The number of hydrogen-bond donors (Lipinski definition) is 2. The molecule has 0 fully saturated rings. The Morgan fingerprint density at radius 3 is 2.18 bits per heavy atom. The number of benzene rings is 1. The fraction of sp³-hybridized carbons (Fsp3) is 0.600. The minimum atomic E-state index is -0.435. The molecule has 0 aliphatic rings. The average molecular weight is 235 g/mol. The van der Waals surface area contributed by atoms with Crippen molar-refractivity contribution >= 4 is 0 Å². The molecule has 96 valence electrons. The van der Waals surface area contributed by atoms with Crippen molar-refractivity contribution in [3.8, 4) is 0 Å². The van der Waals surface area contributed by atoms with Crippen LogP contribution < -0.4 is 5.73 Å². The third-order valence-electron chi connectivity index (χ3n) is 3.34. The van der Waals surface area contributed by atoms with Gasteiger partial charge in [-0.15, -0.1) is 0 Å². The summed E-state index contributed by atoms with van der Waals surface area (Å²) in [4.78, 5) is 0. The van der Waals surface area contributed by atoms with Crippen molar-refractivity contribution < 1.29 is 5.11 Å². The van der Waals surface area contributed by atoms with Crippen LogP contribution in [-0.4, -0.2) is 11.2 Å². The van der Waals surface area contributed by atoms with Crippen LogP contribution in [0, 0.1) is 20.8 Å². The number of rotatable bonds is 5. The number of aliphatic hydroxyl groups excluding tert-OH is 1. The largest absolute Gasteiger partial charge is 0.391 e. The quantitative estimate of drug-likeness (QED) is 0.823. The summed E-state index contributed by atoms with van der Waals surface area (Å²) in [6.07, 6.45) is 2.47. The number of unbranched alkanes of at least 4 members (excludes halogenated alkanes) is 1. The molecule has 0 amide bonds. The second-order valence-corrected chi connectivity index (χ2v) is 5.05. The van der Waals surface area contributed by atoms with E-state index in [1.165, 1.54) is 16.7 Å². The second-order valence-electron chi connectivity index (χ2n) is 5.05. The molecule has 3 N–H and O–H groups in total. The predicted molar refractivity (Wildman–Crippen MR) is 73.1 cm³/mol. The molecular formula is C15H25NO. The maximum absolute atomic E-state index is 10.1. The molecule has 0 saturated heterocycles. The molecule has 17 heavy (non-hydrogen) atoms. The van der Waals surface area contributed by atoms with E-state index in [0.29, 0.717) is 0 Å². The Balaban J connectivity index is 2.91. The fourth-order valence-electron chi connectivity index (χ4n) is 2.50. The van der Waals surface area contributed by atoms with Crippen molar-refractivity contribution in [1.82, 2.24) is 0 Å². The van der Waals surface area contributed by atoms with Gasteiger partial charge in [-0.3, -0.25) is 0 Å². The van der Waals surface area contributed by atoms with Crippen LogP contribution in [0.15, 0.2) is 12.1 Å². The van der Waals surface area contributed by atoms with Crippen LogP contribution in [-0.2, 0) is 0 Å². The molecule has 2 heteroatoms. The number of aryl methyl sites for hydroxylation is 3. The Bertz CT molecular complexity index is 350. The monoisotopic (exact) mass is 235 g/mol. The van der Waals surface area contributed by atoms with Crippen molar-refractivity contribution in [2.24, 2.45) is 5.73 Å². The number of aliphatic hydroxyl groups is 1. The first-order valence-electron chi connectivity index (χ1n) is 6.48. The van der Waals surface area contributed by atoms with E-state index in [1.54, 1.807) is 0 Å². The zero-order valence-corrected chi connectivity index (χ0v) is 11.5. The Labute approximate surface area is 105 Å². The summed E-state index contributed by atoms with van der Waals surface area (Å²) in [5, 5.41) is 10.1. The van der Waals surface area contributed by atoms with Gasteiger partial charge in [0.2, 0.25) is 0 Å². The first kappa shape index (κ1) is 14.2. The molecule has 2 atom stereocenters. The van der Waals surface area contributed by atoms with E-state index in [2.05, 4.69) is 39.8 Å². The van der Waals surface area contributed by atoms with Gasteiger partial charge in [-0.1, -0.05) is 37.5 Å². The van der Waals surface area contributed by atoms with Crippen LogP contribution in [0.2, 0.25) is 0 Å². The summed E-state index contributed by atoms with van der Waals surface area (Å²) in [5.74, 6) is 0. The highest BCUT2D eigenvalue weighted by molar-refractivity contribution is 5.39. The van der Waals surface area contributed by atoms with Crippen molar-refractivity contribution in [1.29, 1.82) is 0 Å². The van der Waals surface area contributed by atoms with Gasteiger partial charge in [0, 0.05) is 0 Å². The van der Waals surface area contributed by atoms with Gasteiger partial charge in [0.1, 0.15) is 0 Å². The highest BCUT2D eigenvalue weighted by Gasteiger charge is 2.19. The molecule has 2 nitrogen and oxygen atoms in total. The van der Waals surface area contributed by atoms with Crippen LogP contribution in [0.3, 0.4) is 0 Å². The number of hydrogen-bond acceptors (Lipinski definition) is 2. The maximum Gasteiger partial charge on any atom is 0.0733 e. The molecule has 0 aliphatic heterocycles. The first-order chi connectivity index (χ1) is 7.97. The van der Waals surface area contributed by atoms with Crippen LogP contribution in [0.5, 0.6) is 0 Å². The van der Waals surface area contributed by atoms with E-state index in [0.717, 1.165) is 24.8 Å². The van der Waals surface area contributed by atoms with Crippen molar-refractivity contribution in [3.63, 3.8) is 0 Å². The van der Waals surface area contributed by atoms with Crippen molar-refractivity contribution in [2.45, 2.75) is 59.1 Å². The first-order valence-corrected chi connectivity index (χ1v) is 6.48. The Morgan fingerprint density at radius 2 is 1.71 bits per heavy atom. The van der Waals surface area contributed by atoms with Crippen LogP contribution in [0.4, 0.5) is 0 Å². The summed E-state index contributed by atoms with van der Waals surface area (Å²) in [5.41, 5.74) is 10.9. The number of nitrogens with two attached hydrogens (primary N) is 1. The van der Waals surface area contributed by atoms with E-state index in [4.69, 9.17) is 5.73 Å². The topological polar surface area (TPSA) is 46.2 Å². The van der Waals surface area contributed by atoms with E-state index in [-0.39, 0.29) is 6.04 Å². The van der Waals surface area contributed by atoms with Gasteiger partial charge in [0.05, 0.1) is 12.1 Å². The van der Waals surface area contributed by atoms with Gasteiger partial charge in [-0.05, 0) is 43.9 Å². The molecular weight excluding hydrogens is 210 g/mol. The molecule has 0 heterocycles. The second kappa shape index (κ2) is 6.18. The minimum absolute atomic E-state index is 0.262. The third-order valence-corrected chi connectivity index (χ3v) is 3.34. The highest BCUT2D eigenvalue weighted by Crippen LogP contribution is 2.26. The highest BCUT2D eigenvalue weighted by atomic mass is 16.3. The summed E-state index contributed by atoms with van der Waals surface area (Å²) >= 11 is 0. The van der Waals surface area contributed by atoms with Crippen LogP contribution in [0.25, 0.3) is 0 Å². The normalized spacial score (nSPS) is 14.7. The van der Waals surface area contributed by atoms with E-state index < -0.39 is 6.10 Å². The van der Waals surface area contributed by atoms with Gasteiger partial charge in [0.15, 0.2) is 0 Å². The van der Waals surface area contributed by atoms with Gasteiger partial charge in [0.25, 0.3) is 0 Å². The third kappa shape index (κ3) is 3.55. The van der Waals surface area contributed by atoms with Gasteiger partial charge in [-0.25, -0.2) is 0 Å². The van der Waals surface area contributed by atoms with Crippen molar-refractivity contribution in [2.75, 3.05) is 0 Å². The average Bonchev–Trinajstić information content (AvgIpc) is 2.24. The standard InChI is InChI=1S/C15H25NO/c1-5-6-7-13(17)15(16)14-11(3)8-10(2)9-12(14)4/h8-9,13,15,17H,5-7,16H2,1-4H3/t13-,15-/m1/s1. The van der Waals surface area contributed by atoms with E-state index >= 15 is 0 Å². The predicted octanol–water partition coefficient (Wildman–Crippen LogP) is 3.16. The Morgan fingerprint density at radius 1 is 1.18 bits per heavy atom. The van der Waals surface area contributed by atoms with E-state index in [1.807, 2.05) is 0 Å². The zero-order valence-electron chi connectivity index (χ0n) is 11.5. The SMILES string of the molecule is CCCC[C@@H](O)[C@@H](N)c1c(C)cc(C)cc1C. The molecule has 1 aromatic carbocycles. The van der Waals surface area contributed by atoms with Gasteiger partial charge >= 0.3 is 0 Å². The summed E-state index contributed by atoms with van der Waals surface area (Å²) in [6.45, 7) is 8.35. The molecule has 0 aliphatic carbocycles. The van der Waals surface area contributed by atoms with Gasteiger partial charge < -0.3 is 10.8 Å². The molecule has 1 rings (SSSR count). The lowest BCUT2D eigenvalue weighted by atomic mass is 9.90. The molecule has 0 radical (unpaired) electrons. The molecule has 0 bridgehead atoms. The Kier molecular flexibility index (Phi) is 5.16. The van der Waals surface area contributed by atoms with Crippen LogP contribution >= 0.6 is 0 Å². The Hall–Kier alpha value is -0.860. The minimum Gasteiger partial charge on any atom is -0.391 e. The smallest absolute Gasteiger partial charge is 0.0733 e. The summed E-state index contributed by atoms with van der Waals surface area (Å²) < 4.78 is 0. The molecule has 0 aromatic heterocycles. The molecule has 1 aromatic rings. The summed E-state index contributed by atoms with van der Waals surface area (Å²) in [7, 11) is 0. The van der Waals surface area contributed by atoms with Crippen LogP contribution in [0.1, 0.15) is 54.5 Å². The summed E-state index contributed by atoms with van der Waals surface area (Å²) in [6, 6.07) is 4.01. The fourth-order valence-corrected chi connectivity index (χ4v) is 2.50. The molecule has 0 spiro atoms. The molecule has 0 unspecified atom stereocenters. The lowest BCUT2D eigenvalue weighted by Crippen LogP contribution is -2.27. The van der Waals surface area contributed by atoms with Crippen molar-refractivity contribution in [3.05, 3.63) is 34.4 Å². The maximum atomic E-state index is 10.1. The molecule has 0 saturated carbocycles. The van der Waals surface area contributed by atoms with Gasteiger partial charge in [-0.2, -0.15) is 0 Å². The lowest BCUT2D eigenvalue weighted by Gasteiger charge is -2.23. The van der Waals surface area contributed by atoms with E-state index in [9.17, 15) is 5.11 Å². The zero-order chi connectivity index (χ0) is 13.0.